The summed E-state index contributed by atoms with van der Waals surface area (Å²) in [4.78, 5) is 35.8. The van der Waals surface area contributed by atoms with Crippen LogP contribution in [0.5, 0.6) is 0 Å². The van der Waals surface area contributed by atoms with Crippen LogP contribution in [-0.2, 0) is 19.1 Å². The van der Waals surface area contributed by atoms with E-state index in [0.717, 1.165) is 0 Å². The number of Topliss-reactive ketones (excluding diaryl/α,β-unsaturated/α-hetero) is 1. The standard InChI is InChI=1S/C16H14ClFO5/c1-2-22-15(21)16(18)10-7-11(13(19)12(10)16)23-14(20)8-4-3-5-9(17)6-8/h3-6,10-12H,2,7H2,1H3. The summed E-state index contributed by atoms with van der Waals surface area (Å²) < 4.78 is 24.3. The number of halogens is 2. The summed E-state index contributed by atoms with van der Waals surface area (Å²) >= 11 is 5.79. The molecule has 1 aromatic carbocycles. The highest BCUT2D eigenvalue weighted by Crippen LogP contribution is 2.62. The normalized spacial score (nSPS) is 31.4. The van der Waals surface area contributed by atoms with Crippen LogP contribution in [0, 0.1) is 11.8 Å². The van der Waals surface area contributed by atoms with Gasteiger partial charge in [0, 0.05) is 10.9 Å². The van der Waals surface area contributed by atoms with Gasteiger partial charge in [-0.1, -0.05) is 17.7 Å². The summed E-state index contributed by atoms with van der Waals surface area (Å²) in [5.74, 6) is -4.12. The van der Waals surface area contributed by atoms with Crippen molar-refractivity contribution < 1.29 is 28.2 Å². The van der Waals surface area contributed by atoms with Crippen molar-refractivity contribution in [3.05, 3.63) is 34.9 Å². The van der Waals surface area contributed by atoms with E-state index in [4.69, 9.17) is 16.3 Å². The maximum absolute atomic E-state index is 14.5. The Morgan fingerprint density at radius 1 is 1.43 bits per heavy atom. The molecule has 2 fully saturated rings. The minimum absolute atomic E-state index is 0.00881. The molecule has 1 aromatic rings. The lowest BCUT2D eigenvalue weighted by molar-refractivity contribution is -0.154. The highest BCUT2D eigenvalue weighted by atomic mass is 35.5. The fourth-order valence-electron chi connectivity index (χ4n) is 3.12. The zero-order valence-corrected chi connectivity index (χ0v) is 13.0. The second kappa shape index (κ2) is 5.60. The summed E-state index contributed by atoms with van der Waals surface area (Å²) in [7, 11) is 0. The van der Waals surface area contributed by atoms with Crippen molar-refractivity contribution in [2.45, 2.75) is 25.1 Å². The first-order chi connectivity index (χ1) is 10.9. The summed E-state index contributed by atoms with van der Waals surface area (Å²) in [5, 5.41) is 0.366. The van der Waals surface area contributed by atoms with Gasteiger partial charge < -0.3 is 9.47 Å². The molecule has 0 radical (unpaired) electrons. The van der Waals surface area contributed by atoms with E-state index < -0.39 is 41.3 Å². The second-order valence-electron chi connectivity index (χ2n) is 5.62. The lowest BCUT2D eigenvalue weighted by atomic mass is 10.1. The Bertz CT molecular complexity index is 691. The Hall–Kier alpha value is -1.95. The molecule has 0 spiro atoms. The number of esters is 2. The van der Waals surface area contributed by atoms with Gasteiger partial charge in [-0.3, -0.25) is 4.79 Å². The average molecular weight is 341 g/mol. The van der Waals surface area contributed by atoms with Crippen molar-refractivity contribution in [1.82, 2.24) is 0 Å². The predicted molar refractivity (Wildman–Crippen MR) is 77.7 cm³/mol. The summed E-state index contributed by atoms with van der Waals surface area (Å²) in [6.45, 7) is 1.61. The van der Waals surface area contributed by atoms with E-state index in [0.29, 0.717) is 5.02 Å². The van der Waals surface area contributed by atoms with E-state index >= 15 is 0 Å². The van der Waals surface area contributed by atoms with Crippen LogP contribution < -0.4 is 0 Å². The molecule has 4 unspecified atom stereocenters. The van der Waals surface area contributed by atoms with Crippen molar-refractivity contribution in [1.29, 1.82) is 0 Å². The van der Waals surface area contributed by atoms with Crippen molar-refractivity contribution in [2.75, 3.05) is 6.61 Å². The van der Waals surface area contributed by atoms with Crippen LogP contribution in [0.2, 0.25) is 5.02 Å². The molecule has 4 atom stereocenters. The molecule has 0 bridgehead atoms. The third-order valence-electron chi connectivity index (χ3n) is 4.28. The van der Waals surface area contributed by atoms with Crippen LogP contribution in [-0.4, -0.2) is 36.1 Å². The Kier molecular flexibility index (Phi) is 3.88. The van der Waals surface area contributed by atoms with Gasteiger partial charge in [0.15, 0.2) is 11.9 Å². The van der Waals surface area contributed by atoms with Gasteiger partial charge in [-0.05, 0) is 31.5 Å². The Balaban J connectivity index is 1.65. The van der Waals surface area contributed by atoms with E-state index in [1.54, 1.807) is 19.1 Å². The third kappa shape index (κ3) is 2.51. The minimum atomic E-state index is -2.26. The molecule has 2 aliphatic carbocycles. The number of rotatable bonds is 4. The number of carbonyl (C=O) groups excluding carboxylic acids is 3. The highest BCUT2D eigenvalue weighted by Gasteiger charge is 2.80. The predicted octanol–water partition coefficient (Wildman–Crippen LogP) is 2.36. The van der Waals surface area contributed by atoms with Gasteiger partial charge in [0.2, 0.25) is 5.67 Å². The first-order valence-electron chi connectivity index (χ1n) is 7.26. The molecule has 2 aliphatic rings. The Labute approximate surface area is 136 Å². The van der Waals surface area contributed by atoms with Gasteiger partial charge in [-0.25, -0.2) is 14.0 Å². The molecule has 2 saturated carbocycles. The minimum Gasteiger partial charge on any atom is -0.464 e. The zero-order chi connectivity index (χ0) is 16.8. The van der Waals surface area contributed by atoms with Crippen molar-refractivity contribution >= 4 is 29.3 Å². The number of carbonyl (C=O) groups is 3. The van der Waals surface area contributed by atoms with Crippen molar-refractivity contribution in [3.8, 4) is 0 Å². The molecular weight excluding hydrogens is 327 g/mol. The highest BCUT2D eigenvalue weighted by molar-refractivity contribution is 6.30. The fourth-order valence-corrected chi connectivity index (χ4v) is 3.31. The maximum Gasteiger partial charge on any atom is 0.344 e. The lowest BCUT2D eigenvalue weighted by Crippen LogP contribution is -2.35. The smallest absolute Gasteiger partial charge is 0.344 e. The van der Waals surface area contributed by atoms with Crippen LogP contribution in [0.4, 0.5) is 4.39 Å². The number of hydrogen-bond donors (Lipinski definition) is 0. The second-order valence-corrected chi connectivity index (χ2v) is 6.05. The first-order valence-corrected chi connectivity index (χ1v) is 7.63. The maximum atomic E-state index is 14.5. The van der Waals surface area contributed by atoms with Crippen molar-refractivity contribution in [2.24, 2.45) is 11.8 Å². The van der Waals surface area contributed by atoms with Crippen LogP contribution in [0.25, 0.3) is 0 Å². The molecule has 3 rings (SSSR count). The average Bonchev–Trinajstić information content (AvgIpc) is 2.96. The molecule has 0 N–H and O–H groups in total. The number of ether oxygens (including phenoxy) is 2. The van der Waals surface area contributed by atoms with Crippen LogP contribution >= 0.6 is 11.6 Å². The molecule has 0 saturated heterocycles. The molecule has 0 aromatic heterocycles. The lowest BCUT2D eigenvalue weighted by Gasteiger charge is -2.17. The monoisotopic (exact) mass is 340 g/mol. The molecule has 5 nitrogen and oxygen atoms in total. The summed E-state index contributed by atoms with van der Waals surface area (Å²) in [6.07, 6.45) is -1.04. The van der Waals surface area contributed by atoms with E-state index in [1.807, 2.05) is 0 Å². The van der Waals surface area contributed by atoms with Gasteiger partial charge in [0.05, 0.1) is 18.1 Å². The molecule has 0 aliphatic heterocycles. The zero-order valence-electron chi connectivity index (χ0n) is 12.3. The van der Waals surface area contributed by atoms with E-state index in [2.05, 4.69) is 4.74 Å². The van der Waals surface area contributed by atoms with Crippen LogP contribution in [0.1, 0.15) is 23.7 Å². The van der Waals surface area contributed by atoms with Gasteiger partial charge in [0.1, 0.15) is 0 Å². The van der Waals surface area contributed by atoms with Gasteiger partial charge >= 0.3 is 11.9 Å². The number of ketones is 1. The van der Waals surface area contributed by atoms with Crippen LogP contribution in [0.15, 0.2) is 24.3 Å². The van der Waals surface area contributed by atoms with E-state index in [1.165, 1.54) is 12.1 Å². The number of fused-ring (bicyclic) bond motifs is 1. The Morgan fingerprint density at radius 2 is 2.17 bits per heavy atom. The van der Waals surface area contributed by atoms with Crippen LogP contribution in [0.3, 0.4) is 0 Å². The molecule has 7 heteroatoms. The number of benzene rings is 1. The number of hydrogen-bond acceptors (Lipinski definition) is 5. The fraction of sp³-hybridized carbons (Fsp3) is 0.438. The molecule has 122 valence electrons. The van der Waals surface area contributed by atoms with Gasteiger partial charge in [-0.2, -0.15) is 0 Å². The largest absolute Gasteiger partial charge is 0.464 e. The molecule has 23 heavy (non-hydrogen) atoms. The summed E-state index contributed by atoms with van der Waals surface area (Å²) in [6, 6.07) is 6.11. The van der Waals surface area contributed by atoms with Gasteiger partial charge in [0.25, 0.3) is 0 Å². The molecular formula is C16H14ClFO5. The topological polar surface area (TPSA) is 69.7 Å². The molecule has 0 amide bonds. The van der Waals surface area contributed by atoms with Gasteiger partial charge in [-0.15, -0.1) is 0 Å². The Morgan fingerprint density at radius 3 is 2.74 bits per heavy atom. The quantitative estimate of drug-likeness (QED) is 0.787. The molecule has 0 heterocycles. The van der Waals surface area contributed by atoms with Crippen molar-refractivity contribution in [3.63, 3.8) is 0 Å². The SMILES string of the molecule is CCOC(=O)C1(F)C2CC(OC(=O)c3cccc(Cl)c3)C(=O)C21. The first kappa shape index (κ1) is 15.9. The third-order valence-corrected chi connectivity index (χ3v) is 4.51. The van der Waals surface area contributed by atoms with E-state index in [-0.39, 0.29) is 18.6 Å². The number of alkyl halides is 1. The summed E-state index contributed by atoms with van der Waals surface area (Å²) in [5.41, 5.74) is -2.05. The van der Waals surface area contributed by atoms with E-state index in [9.17, 15) is 18.8 Å².